The number of carbonyl (C=O) groups excluding carboxylic acids is 1. The standard InChI is InChI=1S/C17H18F2N4O2S/c18-14(19)8-22-5-3-10-11(7-22)23(16(24)20-10)17-21-15-9-4-6-25-12(9)1-2-13(15)26-17/h1-2,10-11,14H,3-8H2,(H,20,24)/t10-,11+/m0/s1. The molecule has 9 heteroatoms. The summed E-state index contributed by atoms with van der Waals surface area (Å²) in [7, 11) is 0. The first-order chi connectivity index (χ1) is 12.6. The number of likely N-dealkylation sites (tertiary alicyclic amines) is 1. The van der Waals surface area contributed by atoms with Crippen molar-refractivity contribution < 1.29 is 18.3 Å². The quantitative estimate of drug-likeness (QED) is 0.889. The molecule has 3 aliphatic rings. The zero-order chi connectivity index (χ0) is 17.8. The minimum Gasteiger partial charge on any atom is -0.493 e. The van der Waals surface area contributed by atoms with E-state index in [1.807, 2.05) is 12.1 Å². The molecule has 0 bridgehead atoms. The number of hydrogen-bond acceptors (Lipinski definition) is 5. The lowest BCUT2D eigenvalue weighted by molar-refractivity contribution is 0.0717. The maximum atomic E-state index is 12.8. The maximum Gasteiger partial charge on any atom is 0.324 e. The SMILES string of the molecule is O=C1N[C@H]2CCN(CC(F)F)C[C@H]2N1c1nc2c3c(ccc2s1)OCC3. The Balaban J connectivity index is 1.48. The fraction of sp³-hybridized carbons (Fsp3) is 0.529. The van der Waals surface area contributed by atoms with Crippen molar-refractivity contribution in [2.24, 2.45) is 0 Å². The normalized spacial score (nSPS) is 25.5. The number of alkyl halides is 2. The van der Waals surface area contributed by atoms with Crippen LogP contribution in [-0.4, -0.2) is 60.7 Å². The van der Waals surface area contributed by atoms with Gasteiger partial charge in [-0.3, -0.25) is 9.80 Å². The van der Waals surface area contributed by atoms with Crippen molar-refractivity contribution in [2.75, 3.05) is 31.1 Å². The number of ether oxygens (including phenoxy) is 1. The third kappa shape index (κ3) is 2.52. The molecule has 1 aromatic carbocycles. The number of nitrogens with zero attached hydrogens (tertiary/aromatic N) is 3. The molecule has 0 aliphatic carbocycles. The smallest absolute Gasteiger partial charge is 0.324 e. The van der Waals surface area contributed by atoms with Gasteiger partial charge in [0.05, 0.1) is 35.5 Å². The first-order valence-electron chi connectivity index (χ1n) is 8.75. The third-order valence-electron chi connectivity index (χ3n) is 5.35. The van der Waals surface area contributed by atoms with E-state index in [0.717, 1.165) is 28.0 Å². The van der Waals surface area contributed by atoms with E-state index in [0.29, 0.717) is 31.2 Å². The van der Waals surface area contributed by atoms with Gasteiger partial charge in [0.15, 0.2) is 5.13 Å². The first-order valence-corrected chi connectivity index (χ1v) is 9.57. The van der Waals surface area contributed by atoms with Crippen molar-refractivity contribution in [3.63, 3.8) is 0 Å². The highest BCUT2D eigenvalue weighted by Crippen LogP contribution is 2.39. The number of nitrogens with one attached hydrogen (secondary N) is 1. The number of amides is 2. The molecule has 5 rings (SSSR count). The lowest BCUT2D eigenvalue weighted by atomic mass is 10.0. The molecule has 0 spiro atoms. The highest BCUT2D eigenvalue weighted by atomic mass is 32.1. The largest absolute Gasteiger partial charge is 0.493 e. The molecular weight excluding hydrogens is 362 g/mol. The molecule has 0 radical (unpaired) electrons. The van der Waals surface area contributed by atoms with Crippen LogP contribution in [0.5, 0.6) is 5.75 Å². The summed E-state index contributed by atoms with van der Waals surface area (Å²) < 4.78 is 32.1. The molecule has 2 fully saturated rings. The van der Waals surface area contributed by atoms with Crippen molar-refractivity contribution in [2.45, 2.75) is 31.4 Å². The molecule has 2 saturated heterocycles. The molecule has 1 aromatic heterocycles. The van der Waals surface area contributed by atoms with Crippen molar-refractivity contribution in [1.82, 2.24) is 15.2 Å². The monoisotopic (exact) mass is 380 g/mol. The highest BCUT2D eigenvalue weighted by Gasteiger charge is 2.45. The van der Waals surface area contributed by atoms with Gasteiger partial charge in [0.25, 0.3) is 6.43 Å². The average Bonchev–Trinajstić information content (AvgIpc) is 3.27. The van der Waals surface area contributed by atoms with Crippen LogP contribution in [0.2, 0.25) is 0 Å². The number of aromatic nitrogens is 1. The molecule has 1 N–H and O–H groups in total. The van der Waals surface area contributed by atoms with Crippen molar-refractivity contribution in [3.8, 4) is 5.75 Å². The summed E-state index contributed by atoms with van der Waals surface area (Å²) in [5, 5.41) is 3.62. The number of hydrogen-bond donors (Lipinski definition) is 1. The van der Waals surface area contributed by atoms with Gasteiger partial charge in [-0.25, -0.2) is 18.6 Å². The third-order valence-corrected chi connectivity index (χ3v) is 6.37. The van der Waals surface area contributed by atoms with Crippen LogP contribution in [0.3, 0.4) is 0 Å². The van der Waals surface area contributed by atoms with Gasteiger partial charge in [-0.2, -0.15) is 0 Å². The molecule has 0 saturated carbocycles. The van der Waals surface area contributed by atoms with E-state index in [4.69, 9.17) is 9.72 Å². The van der Waals surface area contributed by atoms with E-state index in [2.05, 4.69) is 5.32 Å². The number of halogens is 2. The summed E-state index contributed by atoms with van der Waals surface area (Å²) >= 11 is 1.47. The van der Waals surface area contributed by atoms with Gasteiger partial charge < -0.3 is 10.1 Å². The Bertz CT molecular complexity index is 874. The van der Waals surface area contributed by atoms with E-state index in [9.17, 15) is 13.6 Å². The number of urea groups is 1. The van der Waals surface area contributed by atoms with E-state index in [1.54, 1.807) is 9.80 Å². The van der Waals surface area contributed by atoms with Crippen LogP contribution in [0.1, 0.15) is 12.0 Å². The van der Waals surface area contributed by atoms with Gasteiger partial charge in [-0.1, -0.05) is 11.3 Å². The first kappa shape index (κ1) is 16.2. The minimum atomic E-state index is -2.37. The summed E-state index contributed by atoms with van der Waals surface area (Å²) in [6, 6.07) is 3.55. The number of benzene rings is 1. The topological polar surface area (TPSA) is 57.7 Å². The predicted molar refractivity (Wildman–Crippen MR) is 94.5 cm³/mol. The Morgan fingerprint density at radius 3 is 3.15 bits per heavy atom. The molecule has 0 unspecified atom stereocenters. The Morgan fingerprint density at radius 2 is 2.31 bits per heavy atom. The molecule has 3 aliphatic heterocycles. The van der Waals surface area contributed by atoms with Gasteiger partial charge in [0, 0.05) is 25.1 Å². The van der Waals surface area contributed by atoms with Crippen LogP contribution >= 0.6 is 11.3 Å². The van der Waals surface area contributed by atoms with Crippen LogP contribution < -0.4 is 15.0 Å². The lowest BCUT2D eigenvalue weighted by Crippen LogP contribution is -2.52. The predicted octanol–water partition coefficient (Wildman–Crippen LogP) is 2.47. The van der Waals surface area contributed by atoms with E-state index in [1.165, 1.54) is 11.3 Å². The van der Waals surface area contributed by atoms with Gasteiger partial charge in [-0.05, 0) is 18.6 Å². The molecule has 4 heterocycles. The average molecular weight is 380 g/mol. The maximum absolute atomic E-state index is 12.8. The van der Waals surface area contributed by atoms with E-state index < -0.39 is 6.43 Å². The summed E-state index contributed by atoms with van der Waals surface area (Å²) in [6.07, 6.45) is -0.876. The van der Waals surface area contributed by atoms with Gasteiger partial charge >= 0.3 is 6.03 Å². The van der Waals surface area contributed by atoms with Gasteiger partial charge in [-0.15, -0.1) is 0 Å². The highest BCUT2D eigenvalue weighted by molar-refractivity contribution is 7.22. The summed E-state index contributed by atoms with van der Waals surface area (Å²) in [4.78, 5) is 20.7. The number of carbonyl (C=O) groups is 1. The van der Waals surface area contributed by atoms with Crippen molar-refractivity contribution in [3.05, 3.63) is 17.7 Å². The molecule has 2 atom stereocenters. The van der Waals surface area contributed by atoms with Crippen LogP contribution in [0, 0.1) is 0 Å². The molecule has 2 aromatic rings. The van der Waals surface area contributed by atoms with Crippen LogP contribution in [0.15, 0.2) is 12.1 Å². The lowest BCUT2D eigenvalue weighted by Gasteiger charge is -2.36. The number of anilines is 1. The van der Waals surface area contributed by atoms with Gasteiger partial charge in [0.2, 0.25) is 0 Å². The Morgan fingerprint density at radius 1 is 1.42 bits per heavy atom. The second kappa shape index (κ2) is 6.02. The number of fused-ring (bicyclic) bond motifs is 4. The van der Waals surface area contributed by atoms with Crippen molar-refractivity contribution >= 4 is 32.7 Å². The Kier molecular flexibility index (Phi) is 3.75. The Labute approximate surface area is 152 Å². The fourth-order valence-electron chi connectivity index (χ4n) is 4.16. The van der Waals surface area contributed by atoms with Crippen LogP contribution in [0.4, 0.5) is 18.7 Å². The number of thiazole rings is 1. The molecule has 138 valence electrons. The number of piperidine rings is 1. The number of rotatable bonds is 3. The van der Waals surface area contributed by atoms with E-state index in [-0.39, 0.29) is 24.7 Å². The summed E-state index contributed by atoms with van der Waals surface area (Å²) in [5.41, 5.74) is 1.97. The molecule has 2 amide bonds. The summed E-state index contributed by atoms with van der Waals surface area (Å²) in [5.74, 6) is 0.860. The van der Waals surface area contributed by atoms with Crippen LogP contribution in [0.25, 0.3) is 10.2 Å². The molecule has 6 nitrogen and oxygen atoms in total. The molecular formula is C17H18F2N4O2S. The Hall–Kier alpha value is -2.00. The van der Waals surface area contributed by atoms with Gasteiger partial charge in [0.1, 0.15) is 5.75 Å². The molecule has 26 heavy (non-hydrogen) atoms. The van der Waals surface area contributed by atoms with Crippen molar-refractivity contribution in [1.29, 1.82) is 0 Å². The second-order valence-electron chi connectivity index (χ2n) is 6.92. The van der Waals surface area contributed by atoms with E-state index >= 15 is 0 Å². The zero-order valence-electron chi connectivity index (χ0n) is 14.0. The summed E-state index contributed by atoms with van der Waals surface area (Å²) in [6.45, 7) is 1.41. The minimum absolute atomic E-state index is 0.0162. The second-order valence-corrected chi connectivity index (χ2v) is 7.93. The fourth-order valence-corrected chi connectivity index (χ4v) is 5.21. The zero-order valence-corrected chi connectivity index (χ0v) is 14.8. The van der Waals surface area contributed by atoms with Crippen LogP contribution in [-0.2, 0) is 6.42 Å².